The van der Waals surface area contributed by atoms with Gasteiger partial charge in [-0.15, -0.1) is 0 Å². The first kappa shape index (κ1) is 20.8. The van der Waals surface area contributed by atoms with Crippen molar-refractivity contribution in [1.29, 1.82) is 5.26 Å². The quantitative estimate of drug-likeness (QED) is 0.750. The predicted octanol–water partition coefficient (Wildman–Crippen LogP) is 2.61. The third-order valence-corrected chi connectivity index (χ3v) is 7.09. The lowest BCUT2D eigenvalue weighted by Gasteiger charge is -2.12. The Morgan fingerprint density at radius 1 is 0.862 bits per heavy atom. The van der Waals surface area contributed by atoms with Crippen LogP contribution in [-0.4, -0.2) is 29.2 Å². The van der Waals surface area contributed by atoms with Gasteiger partial charge in [0.1, 0.15) is 5.84 Å². The SMILES string of the molecule is N#Cc1ccc(S(=O)(=O)Nc2cccc(S(=O)(=O)NC3=NCCCCC3)c2)cc1. The molecule has 0 amide bonds. The summed E-state index contributed by atoms with van der Waals surface area (Å²) >= 11 is 0. The molecule has 10 heteroatoms. The third-order valence-electron chi connectivity index (χ3n) is 4.32. The molecule has 2 aromatic carbocycles. The summed E-state index contributed by atoms with van der Waals surface area (Å²) in [4.78, 5) is 4.16. The van der Waals surface area contributed by atoms with Crippen LogP contribution in [0.25, 0.3) is 0 Å². The van der Waals surface area contributed by atoms with E-state index in [0.717, 1.165) is 19.3 Å². The second-order valence-electron chi connectivity index (χ2n) is 6.51. The van der Waals surface area contributed by atoms with Crippen LogP contribution in [0.15, 0.2) is 63.3 Å². The molecule has 1 heterocycles. The first-order chi connectivity index (χ1) is 13.8. The number of hydrogen-bond acceptors (Lipinski definition) is 6. The van der Waals surface area contributed by atoms with Gasteiger partial charge in [0.15, 0.2) is 0 Å². The van der Waals surface area contributed by atoms with Crippen molar-refractivity contribution in [2.24, 2.45) is 4.99 Å². The minimum absolute atomic E-state index is 0.0318. The van der Waals surface area contributed by atoms with Gasteiger partial charge in [-0.3, -0.25) is 14.4 Å². The monoisotopic (exact) mass is 432 g/mol. The summed E-state index contributed by atoms with van der Waals surface area (Å²) < 4.78 is 55.3. The Morgan fingerprint density at radius 3 is 2.31 bits per heavy atom. The van der Waals surface area contributed by atoms with Gasteiger partial charge in [0.05, 0.1) is 27.1 Å². The molecule has 3 rings (SSSR count). The van der Waals surface area contributed by atoms with Gasteiger partial charge >= 0.3 is 0 Å². The van der Waals surface area contributed by atoms with Crippen molar-refractivity contribution in [2.75, 3.05) is 11.3 Å². The molecule has 1 aliphatic heterocycles. The number of benzene rings is 2. The molecule has 0 radical (unpaired) electrons. The Kier molecular flexibility index (Phi) is 6.20. The molecule has 29 heavy (non-hydrogen) atoms. The van der Waals surface area contributed by atoms with E-state index in [9.17, 15) is 16.8 Å². The van der Waals surface area contributed by atoms with Crippen LogP contribution in [0.4, 0.5) is 5.69 Å². The van der Waals surface area contributed by atoms with E-state index in [1.807, 2.05) is 6.07 Å². The highest BCUT2D eigenvalue weighted by Gasteiger charge is 2.19. The van der Waals surface area contributed by atoms with Crippen LogP contribution < -0.4 is 9.44 Å². The molecule has 0 unspecified atom stereocenters. The molecule has 0 saturated carbocycles. The zero-order chi connectivity index (χ0) is 20.9. The van der Waals surface area contributed by atoms with Crippen LogP contribution in [0, 0.1) is 11.3 Å². The Hall–Kier alpha value is -2.90. The highest BCUT2D eigenvalue weighted by molar-refractivity contribution is 7.92. The lowest BCUT2D eigenvalue weighted by Crippen LogP contribution is -2.30. The minimum Gasteiger partial charge on any atom is -0.280 e. The molecule has 0 aromatic heterocycles. The topological polar surface area (TPSA) is 128 Å². The van der Waals surface area contributed by atoms with Gasteiger partial charge in [-0.05, 0) is 55.3 Å². The number of amidine groups is 1. The van der Waals surface area contributed by atoms with E-state index in [-0.39, 0.29) is 15.5 Å². The van der Waals surface area contributed by atoms with Crippen LogP contribution in [0.5, 0.6) is 0 Å². The first-order valence-corrected chi connectivity index (χ1v) is 12.0. The normalized spacial score (nSPS) is 14.9. The van der Waals surface area contributed by atoms with Crippen molar-refractivity contribution in [1.82, 2.24) is 4.72 Å². The predicted molar refractivity (Wildman–Crippen MR) is 109 cm³/mol. The van der Waals surface area contributed by atoms with Gasteiger partial charge in [0, 0.05) is 13.0 Å². The summed E-state index contributed by atoms with van der Waals surface area (Å²) in [6.45, 7) is 0.586. The fourth-order valence-corrected chi connectivity index (χ4v) is 5.00. The molecule has 1 aliphatic rings. The second-order valence-corrected chi connectivity index (χ2v) is 9.88. The number of nitriles is 1. The Morgan fingerprint density at radius 2 is 1.59 bits per heavy atom. The molecule has 0 bridgehead atoms. The molecular formula is C19H20N4O4S2. The second kappa shape index (κ2) is 8.63. The summed E-state index contributed by atoms with van der Waals surface area (Å²) in [5, 5.41) is 8.82. The summed E-state index contributed by atoms with van der Waals surface area (Å²) in [7, 11) is -7.81. The molecule has 2 aromatic rings. The molecule has 152 valence electrons. The minimum atomic E-state index is -3.93. The van der Waals surface area contributed by atoms with Gasteiger partial charge in [-0.1, -0.05) is 12.5 Å². The highest BCUT2D eigenvalue weighted by atomic mass is 32.2. The van der Waals surface area contributed by atoms with Crippen LogP contribution in [-0.2, 0) is 20.0 Å². The van der Waals surface area contributed by atoms with E-state index >= 15 is 0 Å². The lowest BCUT2D eigenvalue weighted by atomic mass is 10.2. The smallest absolute Gasteiger partial charge is 0.262 e. The molecule has 8 nitrogen and oxygen atoms in total. The maximum absolute atomic E-state index is 12.7. The summed E-state index contributed by atoms with van der Waals surface area (Å²) in [5.74, 6) is 0.422. The van der Waals surface area contributed by atoms with Crippen LogP contribution in [0.2, 0.25) is 0 Å². The molecule has 2 N–H and O–H groups in total. The number of rotatable bonds is 5. The number of nitrogens with zero attached hydrogens (tertiary/aromatic N) is 2. The number of sulfonamides is 2. The van der Waals surface area contributed by atoms with Crippen molar-refractivity contribution in [3.05, 3.63) is 54.1 Å². The zero-order valence-corrected chi connectivity index (χ0v) is 17.1. The summed E-state index contributed by atoms with van der Waals surface area (Å²) in [6, 6.07) is 12.9. The van der Waals surface area contributed by atoms with Gasteiger partial charge in [-0.25, -0.2) is 16.8 Å². The molecule has 0 fully saturated rings. The third kappa shape index (κ3) is 5.34. The van der Waals surface area contributed by atoms with E-state index in [0.29, 0.717) is 24.4 Å². The number of hydrogen-bond donors (Lipinski definition) is 2. The number of nitrogens with one attached hydrogen (secondary N) is 2. The van der Waals surface area contributed by atoms with E-state index in [1.54, 1.807) is 0 Å². The Labute approximate surface area is 170 Å². The van der Waals surface area contributed by atoms with Crippen LogP contribution >= 0.6 is 0 Å². The molecule has 0 aliphatic carbocycles. The first-order valence-electron chi connectivity index (χ1n) is 8.99. The van der Waals surface area contributed by atoms with Crippen molar-refractivity contribution in [3.8, 4) is 6.07 Å². The molecule has 0 atom stereocenters. The summed E-state index contributed by atoms with van der Waals surface area (Å²) in [5.41, 5.74) is 0.449. The Balaban J connectivity index is 1.81. The van der Waals surface area contributed by atoms with Crippen molar-refractivity contribution in [3.63, 3.8) is 0 Å². The lowest BCUT2D eigenvalue weighted by molar-refractivity contribution is 0.591. The molecule has 0 spiro atoms. The van der Waals surface area contributed by atoms with Gasteiger partial charge < -0.3 is 0 Å². The summed E-state index contributed by atoms with van der Waals surface area (Å²) in [6.07, 6.45) is 3.36. The largest absolute Gasteiger partial charge is 0.280 e. The van der Waals surface area contributed by atoms with E-state index in [1.165, 1.54) is 48.5 Å². The standard InChI is InChI=1S/C19H20N4O4S2/c20-14-15-8-10-17(11-9-15)28(24,25)22-16-5-4-6-18(13-16)29(26,27)23-19-7-2-1-3-12-21-19/h4-6,8-11,13,22H,1-3,7,12H2,(H,21,23). The molecular weight excluding hydrogens is 412 g/mol. The van der Waals surface area contributed by atoms with Crippen LogP contribution in [0.3, 0.4) is 0 Å². The van der Waals surface area contributed by atoms with Gasteiger partial charge in [0.25, 0.3) is 20.0 Å². The highest BCUT2D eigenvalue weighted by Crippen LogP contribution is 2.20. The van der Waals surface area contributed by atoms with Crippen molar-refractivity contribution >= 4 is 31.6 Å². The average molecular weight is 433 g/mol. The van der Waals surface area contributed by atoms with E-state index in [4.69, 9.17) is 5.26 Å². The maximum atomic E-state index is 12.7. The fraction of sp³-hybridized carbons (Fsp3) is 0.263. The van der Waals surface area contributed by atoms with Crippen LogP contribution in [0.1, 0.15) is 31.2 Å². The molecule has 0 saturated heterocycles. The van der Waals surface area contributed by atoms with Crippen molar-refractivity contribution in [2.45, 2.75) is 35.5 Å². The van der Waals surface area contributed by atoms with E-state index in [2.05, 4.69) is 14.4 Å². The maximum Gasteiger partial charge on any atom is 0.262 e. The van der Waals surface area contributed by atoms with Gasteiger partial charge in [0.2, 0.25) is 0 Å². The van der Waals surface area contributed by atoms with E-state index < -0.39 is 20.0 Å². The number of anilines is 1. The van der Waals surface area contributed by atoms with Crippen molar-refractivity contribution < 1.29 is 16.8 Å². The Bertz CT molecular complexity index is 1170. The van der Waals surface area contributed by atoms with Gasteiger partial charge in [-0.2, -0.15) is 5.26 Å². The number of aliphatic imine (C=N–C) groups is 1. The fourth-order valence-electron chi connectivity index (χ4n) is 2.82. The zero-order valence-electron chi connectivity index (χ0n) is 15.5. The average Bonchev–Trinajstić information content (AvgIpc) is 2.96.